The Kier molecular flexibility index (Phi) is 11.0. The zero-order chi connectivity index (χ0) is 11.1. The molecule has 1 heterocycles. The summed E-state index contributed by atoms with van der Waals surface area (Å²) >= 11 is 2.39. The van der Waals surface area contributed by atoms with E-state index in [0.29, 0.717) is 0 Å². The smallest absolute Gasteiger partial charge is 0 e. The van der Waals surface area contributed by atoms with Crippen molar-refractivity contribution in [2.75, 3.05) is 0 Å². The van der Waals surface area contributed by atoms with Crippen molar-refractivity contribution < 1.29 is 26.2 Å². The van der Waals surface area contributed by atoms with Gasteiger partial charge in [0.2, 0.25) is 0 Å². The van der Waals surface area contributed by atoms with E-state index >= 15 is 0 Å². The average Bonchev–Trinajstić information content (AvgIpc) is 2.74. The SMILES string of the molecule is Cc1cc2c[c-](I)n(-c3ccccc3)c-2c1.Cl.Cl.Cl.[Zr]. The molecule has 2 aliphatic rings. The maximum Gasteiger partial charge on any atom is 0 e. The van der Waals surface area contributed by atoms with Gasteiger partial charge >= 0.3 is 0 Å². The van der Waals surface area contributed by atoms with Crippen LogP contribution in [-0.2, 0) is 26.2 Å². The molecule has 0 amide bonds. The van der Waals surface area contributed by atoms with E-state index in [4.69, 9.17) is 0 Å². The van der Waals surface area contributed by atoms with Crippen molar-refractivity contribution in [1.29, 1.82) is 0 Å². The number of nitrogens with zero attached hydrogens (tertiary/aromatic N) is 1. The van der Waals surface area contributed by atoms with Crippen LogP contribution in [0.3, 0.4) is 0 Å². The molecule has 0 N–H and O–H groups in total. The minimum atomic E-state index is 0. The van der Waals surface area contributed by atoms with E-state index in [0.717, 1.165) is 0 Å². The van der Waals surface area contributed by atoms with Crippen molar-refractivity contribution >= 4 is 59.8 Å². The Hall–Kier alpha value is 0.593. The van der Waals surface area contributed by atoms with Crippen LogP contribution in [0.25, 0.3) is 16.9 Å². The maximum absolute atomic E-state index is 2.39. The third-order valence-electron chi connectivity index (χ3n) is 2.79. The molecule has 0 aromatic heterocycles. The number of fused-ring (bicyclic) bond motifs is 1. The van der Waals surface area contributed by atoms with Crippen LogP contribution in [-0.4, -0.2) is 4.57 Å². The predicted molar refractivity (Wildman–Crippen MR) is 97.2 cm³/mol. The Morgan fingerprint density at radius 3 is 2.20 bits per heavy atom. The van der Waals surface area contributed by atoms with Crippen molar-refractivity contribution in [3.8, 4) is 16.9 Å². The fourth-order valence-corrected chi connectivity index (χ4v) is 2.99. The van der Waals surface area contributed by atoms with E-state index in [-0.39, 0.29) is 63.4 Å². The van der Waals surface area contributed by atoms with Crippen molar-refractivity contribution in [3.05, 3.63) is 57.8 Å². The van der Waals surface area contributed by atoms with Crippen LogP contribution in [0, 0.1) is 10.6 Å². The van der Waals surface area contributed by atoms with Crippen LogP contribution >= 0.6 is 59.8 Å². The summed E-state index contributed by atoms with van der Waals surface area (Å²) in [4.78, 5) is 0. The summed E-state index contributed by atoms with van der Waals surface area (Å²) in [6, 6.07) is 17.2. The van der Waals surface area contributed by atoms with Gasteiger partial charge in [0.25, 0.3) is 0 Å². The first-order chi connectivity index (χ1) is 7.75. The number of aryl methyl sites for hydroxylation is 1. The van der Waals surface area contributed by atoms with E-state index in [1.807, 2.05) is 6.07 Å². The van der Waals surface area contributed by atoms with Crippen LogP contribution in [0.5, 0.6) is 0 Å². The third kappa shape index (κ3) is 4.30. The molecule has 1 aliphatic carbocycles. The van der Waals surface area contributed by atoms with Crippen LogP contribution in [0.15, 0.2) is 48.5 Å². The molecular formula is C14H14Cl3INZr-. The second-order valence-electron chi connectivity index (χ2n) is 4.01. The first-order valence-corrected chi connectivity index (χ1v) is 6.33. The maximum atomic E-state index is 2.39. The number of halogens is 4. The van der Waals surface area contributed by atoms with Gasteiger partial charge in [-0.1, -0.05) is 70.2 Å². The number of hydrogen-bond donors (Lipinski definition) is 0. The topological polar surface area (TPSA) is 4.93 Å². The first-order valence-electron chi connectivity index (χ1n) is 5.25. The van der Waals surface area contributed by atoms with Gasteiger partial charge in [-0.2, -0.15) is 0 Å². The van der Waals surface area contributed by atoms with E-state index < -0.39 is 0 Å². The fraction of sp³-hybridized carbons (Fsp3) is 0.0714. The van der Waals surface area contributed by atoms with E-state index in [2.05, 4.69) is 76.5 Å². The van der Waals surface area contributed by atoms with Crippen LogP contribution in [0.2, 0.25) is 0 Å². The Morgan fingerprint density at radius 2 is 1.60 bits per heavy atom. The molecule has 108 valence electrons. The molecule has 0 unspecified atom stereocenters. The third-order valence-corrected chi connectivity index (χ3v) is 3.58. The fourth-order valence-electron chi connectivity index (χ4n) is 2.12. The Morgan fingerprint density at radius 1 is 1.00 bits per heavy atom. The predicted octanol–water partition coefficient (Wildman–Crippen LogP) is 5.48. The summed E-state index contributed by atoms with van der Waals surface area (Å²) in [5.41, 5.74) is 5.18. The number of hydrogen-bond acceptors (Lipinski definition) is 0. The van der Waals surface area contributed by atoms with Crippen molar-refractivity contribution in [1.82, 2.24) is 4.57 Å². The molecule has 0 radical (unpaired) electrons. The van der Waals surface area contributed by atoms with Gasteiger partial charge in [-0.05, 0) is 16.3 Å². The number of aromatic nitrogens is 1. The first kappa shape index (κ1) is 22.9. The zero-order valence-corrected chi connectivity index (χ0v) is 17.7. The second-order valence-corrected chi connectivity index (χ2v) is 5.12. The molecule has 0 atom stereocenters. The standard InChI is InChI=1S/C14H11IN.3ClH.Zr/c1-10-7-11-9-14(15)16(13(11)8-10)12-5-3-2-4-6-12;;;;/h2-9H,1H3;3*1H;/q-1;;;;. The molecule has 0 saturated carbocycles. The quantitative estimate of drug-likeness (QED) is 0.296. The molecular weight excluding hydrogens is 507 g/mol. The summed E-state index contributed by atoms with van der Waals surface area (Å²) in [6.07, 6.45) is 0. The zero-order valence-electron chi connectivity index (χ0n) is 10.7. The van der Waals surface area contributed by atoms with Crippen LogP contribution in [0.4, 0.5) is 0 Å². The molecule has 20 heavy (non-hydrogen) atoms. The van der Waals surface area contributed by atoms with E-state index in [9.17, 15) is 0 Å². The second kappa shape index (κ2) is 9.58. The molecule has 3 rings (SSSR count). The van der Waals surface area contributed by atoms with E-state index in [1.165, 1.54) is 26.2 Å². The molecule has 1 aromatic rings. The van der Waals surface area contributed by atoms with Crippen LogP contribution < -0.4 is 0 Å². The molecule has 0 bridgehead atoms. The minimum Gasteiger partial charge on any atom is -0.433 e. The number of para-hydroxylation sites is 1. The molecule has 0 spiro atoms. The number of benzene rings is 1. The molecule has 0 fully saturated rings. The Labute approximate surface area is 170 Å². The summed E-state index contributed by atoms with van der Waals surface area (Å²) in [7, 11) is 0. The normalized spacial score (nSPS) is 8.90. The molecule has 1 aromatic carbocycles. The average molecular weight is 521 g/mol. The van der Waals surface area contributed by atoms with Crippen molar-refractivity contribution in [2.24, 2.45) is 0 Å². The summed E-state index contributed by atoms with van der Waals surface area (Å²) < 4.78 is 3.55. The van der Waals surface area contributed by atoms with Gasteiger partial charge in [0.15, 0.2) is 0 Å². The summed E-state index contributed by atoms with van der Waals surface area (Å²) in [5, 5.41) is 0. The van der Waals surface area contributed by atoms with Gasteiger partial charge in [0.05, 0.1) is 0 Å². The van der Waals surface area contributed by atoms with Crippen LogP contribution in [0.1, 0.15) is 5.56 Å². The summed E-state index contributed by atoms with van der Waals surface area (Å²) in [5.74, 6) is 0. The monoisotopic (exact) mass is 518 g/mol. The molecule has 1 aliphatic heterocycles. The Balaban J connectivity index is 0. The molecule has 6 heteroatoms. The van der Waals surface area contributed by atoms with Crippen molar-refractivity contribution in [2.45, 2.75) is 6.92 Å². The minimum absolute atomic E-state index is 0. The Bertz CT molecular complexity index is 607. The largest absolute Gasteiger partial charge is 0.433 e. The van der Waals surface area contributed by atoms with Crippen molar-refractivity contribution in [3.63, 3.8) is 0 Å². The summed E-state index contributed by atoms with van der Waals surface area (Å²) in [6.45, 7) is 2.14. The van der Waals surface area contributed by atoms with Gasteiger partial charge in [-0.25, -0.2) is 0 Å². The molecule has 0 saturated heterocycles. The van der Waals surface area contributed by atoms with Gasteiger partial charge < -0.3 is 4.57 Å². The number of rotatable bonds is 1. The van der Waals surface area contributed by atoms with Gasteiger partial charge in [0, 0.05) is 26.2 Å². The van der Waals surface area contributed by atoms with E-state index in [1.54, 1.807) is 0 Å². The van der Waals surface area contributed by atoms with Gasteiger partial charge in [-0.3, -0.25) is 0 Å². The molecule has 1 nitrogen and oxygen atoms in total. The van der Waals surface area contributed by atoms with Gasteiger partial charge in [-0.15, -0.1) is 54.9 Å². The van der Waals surface area contributed by atoms with Gasteiger partial charge in [0.1, 0.15) is 0 Å².